The first-order chi connectivity index (χ1) is 4.48. The van der Waals surface area contributed by atoms with Gasteiger partial charge in [-0.2, -0.15) is 0 Å². The van der Waals surface area contributed by atoms with E-state index in [1.165, 1.54) is 11.8 Å². The number of rotatable bonds is 3. The molecule has 0 aromatic rings. The van der Waals surface area contributed by atoms with Gasteiger partial charge in [0.1, 0.15) is 10.3 Å². The van der Waals surface area contributed by atoms with Crippen molar-refractivity contribution in [3.63, 3.8) is 0 Å². The van der Waals surface area contributed by atoms with Crippen molar-refractivity contribution < 1.29 is 9.53 Å². The van der Waals surface area contributed by atoms with Gasteiger partial charge in [0.05, 0.1) is 0 Å². The summed E-state index contributed by atoms with van der Waals surface area (Å²) in [6, 6.07) is 0. The van der Waals surface area contributed by atoms with E-state index < -0.39 is 4.32 Å². The highest BCUT2D eigenvalue weighted by Crippen LogP contribution is 2.17. The highest BCUT2D eigenvalue weighted by Gasteiger charge is 2.24. The molecule has 0 unspecified atom stereocenters. The molecule has 0 saturated carbocycles. The molecule has 0 aromatic heterocycles. The second-order valence-corrected chi connectivity index (χ2v) is 5.11. The quantitative estimate of drug-likeness (QED) is 0.419. The summed E-state index contributed by atoms with van der Waals surface area (Å²) in [6.45, 7) is 3.52. The fourth-order valence-electron chi connectivity index (χ4n) is 0.284. The minimum atomic E-state index is -0.553. The minimum Gasteiger partial charge on any atom is -0.454 e. The van der Waals surface area contributed by atoms with Gasteiger partial charge in [0.15, 0.2) is 0 Å². The summed E-state index contributed by atoms with van der Waals surface area (Å²) in [4.78, 5) is 10.9. The predicted molar refractivity (Wildman–Crippen MR) is 47.5 cm³/mol. The third kappa shape index (κ3) is 4.17. The monoisotopic (exact) mass is 226 g/mol. The molecule has 0 N–H and O–H groups in total. The van der Waals surface area contributed by atoms with Gasteiger partial charge >= 0.3 is 5.97 Å². The maximum Gasteiger partial charge on any atom is 0.323 e. The van der Waals surface area contributed by atoms with E-state index in [0.717, 1.165) is 0 Å². The van der Waals surface area contributed by atoms with Crippen LogP contribution in [0.2, 0.25) is 0 Å². The van der Waals surface area contributed by atoms with Gasteiger partial charge in [0, 0.05) is 0 Å². The highest BCUT2D eigenvalue weighted by atomic mass is 79.9. The van der Waals surface area contributed by atoms with Gasteiger partial charge in [-0.25, -0.2) is 0 Å². The van der Waals surface area contributed by atoms with E-state index in [4.69, 9.17) is 4.74 Å². The number of carbonyl (C=O) groups excluding carboxylic acids is 1. The molecular formula is C6H11BrO2S. The van der Waals surface area contributed by atoms with E-state index in [-0.39, 0.29) is 5.97 Å². The Morgan fingerprint density at radius 3 is 2.50 bits per heavy atom. The van der Waals surface area contributed by atoms with Crippen molar-refractivity contribution in [3.8, 4) is 0 Å². The maximum atomic E-state index is 10.9. The first-order valence-corrected chi connectivity index (χ1v) is 5.02. The zero-order valence-corrected chi connectivity index (χ0v) is 8.71. The third-order valence-electron chi connectivity index (χ3n) is 0.793. The number of hydrogen-bond donors (Lipinski definition) is 0. The third-order valence-corrected chi connectivity index (χ3v) is 1.47. The van der Waals surface area contributed by atoms with Crippen molar-refractivity contribution in [2.24, 2.45) is 0 Å². The highest BCUT2D eigenvalue weighted by molar-refractivity contribution is 9.10. The molecule has 0 rings (SSSR count). The minimum absolute atomic E-state index is 0.221. The average Bonchev–Trinajstić information content (AvgIpc) is 1.80. The van der Waals surface area contributed by atoms with E-state index in [0.29, 0.717) is 5.94 Å². The molecule has 0 bridgehead atoms. The van der Waals surface area contributed by atoms with Gasteiger partial charge in [0.25, 0.3) is 0 Å². The number of esters is 1. The predicted octanol–water partition coefficient (Wildman–Crippen LogP) is 2.02. The lowest BCUT2D eigenvalue weighted by molar-refractivity contribution is -0.143. The molecule has 0 radical (unpaired) electrons. The number of hydrogen-bond acceptors (Lipinski definition) is 3. The molecule has 0 heterocycles. The molecule has 0 saturated heterocycles. The smallest absolute Gasteiger partial charge is 0.323 e. The zero-order chi connectivity index (χ0) is 8.20. The second-order valence-electron chi connectivity index (χ2n) is 2.31. The van der Waals surface area contributed by atoms with Gasteiger partial charge in [-0.1, -0.05) is 15.9 Å². The van der Waals surface area contributed by atoms with Gasteiger partial charge < -0.3 is 4.74 Å². The van der Waals surface area contributed by atoms with Crippen LogP contribution in [-0.4, -0.2) is 22.5 Å². The summed E-state index contributed by atoms with van der Waals surface area (Å²) < 4.78 is 4.28. The number of alkyl halides is 1. The molecule has 0 aromatic carbocycles. The summed E-state index contributed by atoms with van der Waals surface area (Å²) in [6.07, 6.45) is 1.88. The van der Waals surface area contributed by atoms with E-state index >= 15 is 0 Å². The Morgan fingerprint density at radius 2 is 2.20 bits per heavy atom. The van der Waals surface area contributed by atoms with Crippen molar-refractivity contribution in [2.45, 2.75) is 18.2 Å². The molecule has 60 valence electrons. The van der Waals surface area contributed by atoms with Gasteiger partial charge in [-0.05, 0) is 20.1 Å². The Hall–Kier alpha value is 0.300. The first-order valence-electron chi connectivity index (χ1n) is 2.83. The van der Waals surface area contributed by atoms with Crippen molar-refractivity contribution in [1.82, 2.24) is 0 Å². The van der Waals surface area contributed by atoms with Crippen LogP contribution >= 0.6 is 27.7 Å². The summed E-state index contributed by atoms with van der Waals surface area (Å²) in [7, 11) is 0. The summed E-state index contributed by atoms with van der Waals surface area (Å²) >= 11 is 4.67. The van der Waals surface area contributed by atoms with Crippen LogP contribution in [0.25, 0.3) is 0 Å². The largest absolute Gasteiger partial charge is 0.454 e. The second kappa shape index (κ2) is 4.23. The Kier molecular flexibility index (Phi) is 4.36. The topological polar surface area (TPSA) is 26.3 Å². The van der Waals surface area contributed by atoms with Crippen LogP contribution in [0.5, 0.6) is 0 Å². The maximum absolute atomic E-state index is 10.9. The number of ether oxygens (including phenoxy) is 1. The molecule has 0 aliphatic rings. The SMILES string of the molecule is CSCOC(=O)C(C)(C)Br. The van der Waals surface area contributed by atoms with Crippen LogP contribution in [0.15, 0.2) is 0 Å². The Morgan fingerprint density at radius 1 is 1.70 bits per heavy atom. The number of carbonyl (C=O) groups is 1. The summed E-state index contributed by atoms with van der Waals surface area (Å²) in [5.74, 6) is 0.204. The fourth-order valence-corrected chi connectivity index (χ4v) is 0.623. The van der Waals surface area contributed by atoms with Gasteiger partial charge in [0.2, 0.25) is 0 Å². The van der Waals surface area contributed by atoms with E-state index in [9.17, 15) is 4.79 Å². The van der Waals surface area contributed by atoms with Gasteiger partial charge in [-0.3, -0.25) is 4.79 Å². The number of halogens is 1. The standard InChI is InChI=1S/C6H11BrO2S/c1-6(2,7)5(8)9-4-10-3/h4H2,1-3H3. The van der Waals surface area contributed by atoms with Crippen molar-refractivity contribution in [2.75, 3.05) is 12.2 Å². The van der Waals surface area contributed by atoms with Crippen LogP contribution in [0.4, 0.5) is 0 Å². The zero-order valence-electron chi connectivity index (χ0n) is 6.31. The molecule has 0 aliphatic carbocycles. The van der Waals surface area contributed by atoms with Crippen LogP contribution in [-0.2, 0) is 9.53 Å². The molecule has 0 aliphatic heterocycles. The lowest BCUT2D eigenvalue weighted by atomic mass is 10.2. The van der Waals surface area contributed by atoms with E-state index in [1.807, 2.05) is 6.26 Å². The Bertz CT molecular complexity index is 119. The van der Waals surface area contributed by atoms with Gasteiger partial charge in [-0.15, -0.1) is 11.8 Å². The van der Waals surface area contributed by atoms with Crippen molar-refractivity contribution >= 4 is 33.7 Å². The van der Waals surface area contributed by atoms with Crippen LogP contribution in [0.1, 0.15) is 13.8 Å². The molecule has 0 atom stereocenters. The number of thioether (sulfide) groups is 1. The normalized spacial score (nSPS) is 11.2. The Labute approximate surface area is 73.8 Å². The van der Waals surface area contributed by atoms with E-state index in [2.05, 4.69) is 15.9 Å². The molecule has 10 heavy (non-hydrogen) atoms. The van der Waals surface area contributed by atoms with Crippen LogP contribution < -0.4 is 0 Å². The molecule has 4 heteroatoms. The lowest BCUT2D eigenvalue weighted by Crippen LogP contribution is -2.26. The fraction of sp³-hybridized carbons (Fsp3) is 0.833. The van der Waals surface area contributed by atoms with Crippen LogP contribution in [0.3, 0.4) is 0 Å². The lowest BCUT2D eigenvalue weighted by Gasteiger charge is -2.13. The molecule has 0 amide bonds. The molecule has 2 nitrogen and oxygen atoms in total. The Balaban J connectivity index is 3.64. The average molecular weight is 227 g/mol. The molecule has 0 spiro atoms. The molecular weight excluding hydrogens is 216 g/mol. The summed E-state index contributed by atoms with van der Waals surface area (Å²) in [5, 5.41) is 0. The molecule has 0 fully saturated rings. The van der Waals surface area contributed by atoms with Crippen molar-refractivity contribution in [3.05, 3.63) is 0 Å². The van der Waals surface area contributed by atoms with E-state index in [1.54, 1.807) is 13.8 Å². The van der Waals surface area contributed by atoms with Crippen LogP contribution in [0, 0.1) is 0 Å². The first kappa shape index (κ1) is 10.3. The summed E-state index contributed by atoms with van der Waals surface area (Å²) in [5.41, 5.74) is 0. The van der Waals surface area contributed by atoms with Crippen molar-refractivity contribution in [1.29, 1.82) is 0 Å².